The smallest absolute Gasteiger partial charge is 0.216 e. The van der Waals surface area contributed by atoms with Crippen LogP contribution in [0.25, 0.3) is 22.2 Å². The van der Waals surface area contributed by atoms with Crippen molar-refractivity contribution in [1.82, 2.24) is 14.7 Å². The van der Waals surface area contributed by atoms with Gasteiger partial charge in [0.2, 0.25) is 10.0 Å². The predicted octanol–water partition coefficient (Wildman–Crippen LogP) is 4.97. The summed E-state index contributed by atoms with van der Waals surface area (Å²) in [6.07, 6.45) is 5.50. The van der Waals surface area contributed by atoms with Gasteiger partial charge in [-0.3, -0.25) is 4.98 Å². The van der Waals surface area contributed by atoms with Crippen LogP contribution in [0.5, 0.6) is 0 Å². The lowest BCUT2D eigenvalue weighted by atomic mass is 9.84. The first kappa shape index (κ1) is 20.1. The third kappa shape index (κ3) is 4.09. The summed E-state index contributed by atoms with van der Waals surface area (Å²) in [6, 6.07) is 14.5. The number of benzene rings is 1. The zero-order valence-corrected chi connectivity index (χ0v) is 18.1. The fourth-order valence-corrected chi connectivity index (χ4v) is 5.09. The zero-order chi connectivity index (χ0) is 20.6. The molecular weight excluding hydrogens is 382 g/mol. The highest BCUT2D eigenvalue weighted by molar-refractivity contribution is 7.90. The number of hydrogen-bond donors (Lipinski definition) is 2. The standard InChI is InChI=1S/C23H29N3O2S/c1-23(2,3)29(27,28)26-17-12-10-16(11-13-17)22-15-19-18(7-6-9-21(19)25-22)20-8-4-5-14-24-20/h4-9,14-17,25-26H,10-13H2,1-3H3/t16-,17-. The molecule has 0 amide bonds. The second-order valence-electron chi connectivity index (χ2n) is 8.99. The maximum absolute atomic E-state index is 12.4. The minimum atomic E-state index is -3.30. The predicted molar refractivity (Wildman–Crippen MR) is 118 cm³/mol. The number of rotatable bonds is 4. The molecule has 0 radical (unpaired) electrons. The van der Waals surface area contributed by atoms with Crippen molar-refractivity contribution in [3.63, 3.8) is 0 Å². The van der Waals surface area contributed by atoms with E-state index in [-0.39, 0.29) is 6.04 Å². The Morgan fingerprint density at radius 3 is 2.45 bits per heavy atom. The van der Waals surface area contributed by atoms with Crippen molar-refractivity contribution in [2.75, 3.05) is 0 Å². The molecule has 3 aromatic rings. The van der Waals surface area contributed by atoms with Crippen molar-refractivity contribution in [1.29, 1.82) is 0 Å². The highest BCUT2D eigenvalue weighted by Gasteiger charge is 2.33. The van der Waals surface area contributed by atoms with Crippen LogP contribution in [0, 0.1) is 0 Å². The summed E-state index contributed by atoms with van der Waals surface area (Å²) in [6.45, 7) is 5.22. The minimum Gasteiger partial charge on any atom is -0.358 e. The van der Waals surface area contributed by atoms with Gasteiger partial charge in [-0.2, -0.15) is 0 Å². The Morgan fingerprint density at radius 1 is 1.03 bits per heavy atom. The van der Waals surface area contributed by atoms with E-state index < -0.39 is 14.8 Å². The quantitative estimate of drug-likeness (QED) is 0.636. The average molecular weight is 412 g/mol. The molecule has 0 atom stereocenters. The minimum absolute atomic E-state index is 0.0314. The summed E-state index contributed by atoms with van der Waals surface area (Å²) in [5.74, 6) is 0.425. The number of fused-ring (bicyclic) bond motifs is 1. The van der Waals surface area contributed by atoms with Crippen molar-refractivity contribution >= 4 is 20.9 Å². The van der Waals surface area contributed by atoms with Crippen LogP contribution >= 0.6 is 0 Å². The van der Waals surface area contributed by atoms with Crippen molar-refractivity contribution < 1.29 is 8.42 Å². The fraction of sp³-hybridized carbons (Fsp3) is 0.435. The molecule has 29 heavy (non-hydrogen) atoms. The van der Waals surface area contributed by atoms with Crippen molar-refractivity contribution in [2.24, 2.45) is 0 Å². The Bertz CT molecular complexity index is 1090. The van der Waals surface area contributed by atoms with Crippen LogP contribution in [-0.2, 0) is 10.0 Å². The lowest BCUT2D eigenvalue weighted by Crippen LogP contribution is -2.45. The molecule has 4 rings (SSSR count). The van der Waals surface area contributed by atoms with Crippen LogP contribution in [0.15, 0.2) is 48.7 Å². The zero-order valence-electron chi connectivity index (χ0n) is 17.3. The van der Waals surface area contributed by atoms with E-state index in [1.807, 2.05) is 24.4 Å². The van der Waals surface area contributed by atoms with Gasteiger partial charge in [0.05, 0.1) is 10.4 Å². The maximum atomic E-state index is 12.4. The van der Waals surface area contributed by atoms with E-state index in [0.717, 1.165) is 42.5 Å². The average Bonchev–Trinajstić information content (AvgIpc) is 3.12. The monoisotopic (exact) mass is 411 g/mol. The first-order valence-electron chi connectivity index (χ1n) is 10.3. The molecule has 1 saturated carbocycles. The molecule has 2 aromatic heterocycles. The summed E-state index contributed by atoms with van der Waals surface area (Å²) in [5, 5.41) is 1.19. The van der Waals surface area contributed by atoms with E-state index in [1.165, 1.54) is 11.1 Å². The maximum Gasteiger partial charge on any atom is 0.216 e. The van der Waals surface area contributed by atoms with Crippen LogP contribution in [0.4, 0.5) is 0 Å². The van der Waals surface area contributed by atoms with E-state index in [4.69, 9.17) is 0 Å². The van der Waals surface area contributed by atoms with Gasteiger partial charge in [-0.15, -0.1) is 0 Å². The van der Waals surface area contributed by atoms with Crippen molar-refractivity contribution in [2.45, 2.75) is 63.2 Å². The van der Waals surface area contributed by atoms with E-state index in [9.17, 15) is 8.42 Å². The van der Waals surface area contributed by atoms with E-state index in [2.05, 4.69) is 39.0 Å². The summed E-state index contributed by atoms with van der Waals surface area (Å²) in [7, 11) is -3.30. The number of H-pyrrole nitrogens is 1. The van der Waals surface area contributed by atoms with Crippen LogP contribution in [0.1, 0.15) is 58.1 Å². The number of pyridine rings is 1. The molecule has 6 heteroatoms. The van der Waals surface area contributed by atoms with Crippen molar-refractivity contribution in [3.8, 4) is 11.3 Å². The molecule has 1 aliphatic carbocycles. The van der Waals surface area contributed by atoms with Crippen LogP contribution in [-0.4, -0.2) is 29.2 Å². The Hall–Kier alpha value is -2.18. The van der Waals surface area contributed by atoms with Crippen molar-refractivity contribution in [3.05, 3.63) is 54.4 Å². The lowest BCUT2D eigenvalue weighted by Gasteiger charge is -2.31. The van der Waals surface area contributed by atoms with Gasteiger partial charge in [-0.1, -0.05) is 18.2 Å². The Kier molecular flexibility index (Phi) is 5.25. The topological polar surface area (TPSA) is 74.8 Å². The van der Waals surface area contributed by atoms with E-state index in [1.54, 1.807) is 20.8 Å². The molecule has 0 unspecified atom stereocenters. The number of sulfonamides is 1. The van der Waals surface area contributed by atoms with Crippen LogP contribution in [0.3, 0.4) is 0 Å². The molecule has 0 bridgehead atoms. The molecule has 154 valence electrons. The molecule has 1 aliphatic rings. The normalized spacial score (nSPS) is 20.8. The molecule has 2 N–H and O–H groups in total. The van der Waals surface area contributed by atoms with Gasteiger partial charge in [0.1, 0.15) is 0 Å². The molecule has 0 aliphatic heterocycles. The van der Waals surface area contributed by atoms with Gasteiger partial charge in [0.25, 0.3) is 0 Å². The highest BCUT2D eigenvalue weighted by Crippen LogP contribution is 2.36. The first-order chi connectivity index (χ1) is 13.7. The third-order valence-electron chi connectivity index (χ3n) is 5.92. The third-order valence-corrected chi connectivity index (χ3v) is 8.18. The second kappa shape index (κ2) is 7.58. The van der Waals surface area contributed by atoms with Gasteiger partial charge in [0, 0.05) is 34.4 Å². The molecule has 1 fully saturated rings. The lowest BCUT2D eigenvalue weighted by molar-refractivity contribution is 0.368. The van der Waals surface area contributed by atoms with E-state index in [0.29, 0.717) is 5.92 Å². The number of nitrogens with one attached hydrogen (secondary N) is 2. The van der Waals surface area contributed by atoms with Gasteiger partial charge in [0.15, 0.2) is 0 Å². The highest BCUT2D eigenvalue weighted by atomic mass is 32.2. The number of aromatic amines is 1. The fourth-order valence-electron chi connectivity index (χ4n) is 4.06. The molecule has 2 heterocycles. The summed E-state index contributed by atoms with van der Waals surface area (Å²) in [4.78, 5) is 8.10. The SMILES string of the molecule is CC(C)(C)S(=O)(=O)N[C@H]1CC[C@H](c2cc3c(-c4ccccn4)cccc3[nH]2)CC1. The van der Waals surface area contributed by atoms with Crippen LogP contribution in [0.2, 0.25) is 0 Å². The van der Waals surface area contributed by atoms with Gasteiger partial charge in [-0.25, -0.2) is 13.1 Å². The largest absolute Gasteiger partial charge is 0.358 e. The summed E-state index contributed by atoms with van der Waals surface area (Å²) in [5.41, 5.74) is 4.47. The number of hydrogen-bond acceptors (Lipinski definition) is 3. The Balaban J connectivity index is 1.51. The molecule has 0 spiro atoms. The van der Waals surface area contributed by atoms with Gasteiger partial charge in [-0.05, 0) is 76.6 Å². The second-order valence-corrected chi connectivity index (χ2v) is 11.5. The molecule has 1 aromatic carbocycles. The Labute approximate surface area is 173 Å². The summed E-state index contributed by atoms with van der Waals surface area (Å²) >= 11 is 0. The van der Waals surface area contributed by atoms with E-state index >= 15 is 0 Å². The number of nitrogens with zero attached hydrogens (tertiary/aromatic N) is 1. The Morgan fingerprint density at radius 2 is 1.79 bits per heavy atom. The molecule has 0 saturated heterocycles. The van der Waals surface area contributed by atoms with Gasteiger partial charge < -0.3 is 4.98 Å². The summed E-state index contributed by atoms with van der Waals surface area (Å²) < 4.78 is 27.0. The molecular formula is C23H29N3O2S. The first-order valence-corrected chi connectivity index (χ1v) is 11.8. The van der Waals surface area contributed by atoms with Gasteiger partial charge >= 0.3 is 0 Å². The van der Waals surface area contributed by atoms with Crippen LogP contribution < -0.4 is 4.72 Å². The number of aromatic nitrogens is 2. The molecule has 5 nitrogen and oxygen atoms in total.